The van der Waals surface area contributed by atoms with Gasteiger partial charge >= 0.3 is 0 Å². The normalized spacial score (nSPS) is 11.2. The fraction of sp³-hybridized carbons (Fsp3) is 0.250. The summed E-state index contributed by atoms with van der Waals surface area (Å²) in [6.07, 6.45) is 0.468. The van der Waals surface area contributed by atoms with Crippen LogP contribution in [0, 0.1) is 12.7 Å². The lowest BCUT2D eigenvalue weighted by molar-refractivity contribution is -0.492. The molecule has 19 heavy (non-hydrogen) atoms. The average molecular weight is 284 g/mol. The molecule has 0 aliphatic rings. The Bertz CT molecular complexity index is 560. The van der Waals surface area contributed by atoms with Crippen molar-refractivity contribution in [1.29, 1.82) is 0 Å². The molecule has 1 aromatic carbocycles. The second kappa shape index (κ2) is 6.18. The third kappa shape index (κ3) is 3.55. The molecule has 0 atom stereocenters. The largest absolute Gasteiger partial charge is 0.266 e. The highest BCUT2D eigenvalue weighted by atomic mass is 32.1. The molecule has 2 rings (SSSR count). The second-order valence-corrected chi connectivity index (χ2v) is 4.93. The number of halogens is 1. The van der Waals surface area contributed by atoms with Gasteiger partial charge in [-0.05, 0) is 19.1 Å². The first-order chi connectivity index (χ1) is 9.08. The zero-order valence-electron chi connectivity index (χ0n) is 10.2. The summed E-state index contributed by atoms with van der Waals surface area (Å²) in [6, 6.07) is 6.46. The van der Waals surface area contributed by atoms with Gasteiger partial charge in [-0.1, -0.05) is 12.1 Å². The third-order valence-corrected chi connectivity index (χ3v) is 3.78. The predicted molar refractivity (Wildman–Crippen MR) is 67.3 cm³/mol. The van der Waals surface area contributed by atoms with Gasteiger partial charge in [-0.2, -0.15) is 0 Å². The van der Waals surface area contributed by atoms with E-state index in [0.29, 0.717) is 17.0 Å². The zero-order valence-corrected chi connectivity index (χ0v) is 11.0. The van der Waals surface area contributed by atoms with Crippen molar-refractivity contribution in [1.82, 2.24) is 10.4 Å². The van der Waals surface area contributed by atoms with E-state index in [1.165, 1.54) is 17.4 Å². The van der Waals surface area contributed by atoms with Crippen molar-refractivity contribution in [3.63, 3.8) is 0 Å². The van der Waals surface area contributed by atoms with Crippen LogP contribution in [0.1, 0.15) is 10.6 Å². The zero-order chi connectivity index (χ0) is 13.8. The molecule has 0 aliphatic carbocycles. The minimum Gasteiger partial charge on any atom is -0.266 e. The molecule has 2 aromatic rings. The molecule has 0 bridgehead atoms. The maximum atomic E-state index is 13.6. The summed E-state index contributed by atoms with van der Waals surface area (Å²) in [5.41, 5.74) is 1.25. The summed E-state index contributed by atoms with van der Waals surface area (Å²) in [6.45, 7) is 1.93. The first-order valence-electron chi connectivity index (χ1n) is 5.60. The van der Waals surface area contributed by atoms with E-state index in [-0.39, 0.29) is 17.8 Å². The Balaban J connectivity index is 2.15. The van der Waals surface area contributed by atoms with Crippen LogP contribution in [0.2, 0.25) is 0 Å². The lowest BCUT2D eigenvalue weighted by Crippen LogP contribution is -2.16. The number of hydrogen-bond acceptors (Lipinski definition) is 6. The highest BCUT2D eigenvalue weighted by Gasteiger charge is 2.12. The van der Waals surface area contributed by atoms with Gasteiger partial charge in [0.2, 0.25) is 0 Å². The van der Waals surface area contributed by atoms with Gasteiger partial charge in [-0.25, -0.2) is 9.37 Å². The minimum absolute atomic E-state index is 0.104. The van der Waals surface area contributed by atoms with Gasteiger partial charge in [0.15, 0.2) is 0 Å². The van der Waals surface area contributed by atoms with E-state index in [0.717, 1.165) is 10.6 Å². The highest BCUT2D eigenvalue weighted by Crippen LogP contribution is 2.29. The van der Waals surface area contributed by atoms with Gasteiger partial charge in [0, 0.05) is 16.9 Å². The fourth-order valence-corrected chi connectivity index (χ4v) is 2.70. The monoisotopic (exact) mass is 284 g/mol. The van der Waals surface area contributed by atoms with E-state index in [4.69, 9.17) is 10.4 Å². The van der Waals surface area contributed by atoms with E-state index in [1.807, 2.05) is 6.92 Å². The van der Waals surface area contributed by atoms with Crippen LogP contribution < -0.4 is 0 Å². The minimum atomic E-state index is -0.325. The molecular formula is C12H13FN2O3S. The summed E-state index contributed by atoms with van der Waals surface area (Å²) in [5.74, 6) is -0.309. The van der Waals surface area contributed by atoms with Crippen molar-refractivity contribution < 1.29 is 19.6 Å². The van der Waals surface area contributed by atoms with Gasteiger partial charge in [0.05, 0.1) is 17.7 Å². The summed E-state index contributed by atoms with van der Waals surface area (Å²) in [7, 11) is 0. The van der Waals surface area contributed by atoms with Crippen LogP contribution >= 0.6 is 11.3 Å². The Morgan fingerprint density at radius 3 is 2.79 bits per heavy atom. The lowest BCUT2D eigenvalue weighted by atomic mass is 10.2. The number of hydrogen-bond donors (Lipinski definition) is 2. The molecule has 0 amide bonds. The molecule has 0 fully saturated rings. The number of aromatic nitrogens is 1. The smallest absolute Gasteiger partial charge is 0.133 e. The van der Waals surface area contributed by atoms with Gasteiger partial charge in [-0.15, -0.1) is 11.3 Å². The molecule has 0 saturated carbocycles. The van der Waals surface area contributed by atoms with Crippen molar-refractivity contribution in [2.75, 3.05) is 6.61 Å². The van der Waals surface area contributed by atoms with E-state index < -0.39 is 0 Å². The number of nitrogens with zero attached hydrogens (tertiary/aromatic N) is 2. The van der Waals surface area contributed by atoms with Crippen LogP contribution in [0.15, 0.2) is 24.3 Å². The van der Waals surface area contributed by atoms with Crippen molar-refractivity contribution in [3.8, 4) is 10.6 Å². The molecule has 5 nitrogen and oxygen atoms in total. The molecule has 0 aliphatic heterocycles. The first-order valence-corrected chi connectivity index (χ1v) is 6.41. The van der Waals surface area contributed by atoms with Crippen LogP contribution in [-0.4, -0.2) is 27.4 Å². The maximum absolute atomic E-state index is 13.6. The maximum Gasteiger partial charge on any atom is 0.133 e. The van der Waals surface area contributed by atoms with Crippen molar-refractivity contribution in [2.45, 2.75) is 13.3 Å². The lowest BCUT2D eigenvalue weighted by Gasteiger charge is -2.04. The SMILES string of the molecule is Cc1nc(-c2ccccc2F)sc1CCON(O)O. The molecule has 0 spiro atoms. The quantitative estimate of drug-likeness (QED) is 0.826. The Kier molecular flexibility index (Phi) is 4.56. The molecule has 0 saturated heterocycles. The molecule has 7 heteroatoms. The van der Waals surface area contributed by atoms with Crippen molar-refractivity contribution in [3.05, 3.63) is 40.7 Å². The molecule has 0 radical (unpaired) electrons. The van der Waals surface area contributed by atoms with Gasteiger partial charge in [-0.3, -0.25) is 15.3 Å². The molecule has 2 N–H and O–H groups in total. The summed E-state index contributed by atoms with van der Waals surface area (Å²) in [5, 5.41) is 17.1. The summed E-state index contributed by atoms with van der Waals surface area (Å²) < 4.78 is 13.6. The molecular weight excluding hydrogens is 271 g/mol. The van der Waals surface area contributed by atoms with Gasteiger partial charge < -0.3 is 0 Å². The Morgan fingerprint density at radius 2 is 2.11 bits per heavy atom. The summed E-state index contributed by atoms with van der Waals surface area (Å²) in [4.78, 5) is 9.73. The topological polar surface area (TPSA) is 65.8 Å². The van der Waals surface area contributed by atoms with Crippen LogP contribution in [0.25, 0.3) is 10.6 Å². The van der Waals surface area contributed by atoms with Gasteiger partial charge in [0.1, 0.15) is 10.8 Å². The Morgan fingerprint density at radius 1 is 1.37 bits per heavy atom. The van der Waals surface area contributed by atoms with Gasteiger partial charge in [0.25, 0.3) is 0 Å². The van der Waals surface area contributed by atoms with Crippen LogP contribution in [0.3, 0.4) is 0 Å². The third-order valence-electron chi connectivity index (χ3n) is 2.53. The van der Waals surface area contributed by atoms with Crippen LogP contribution in [0.4, 0.5) is 4.39 Å². The Labute approximate surface area is 113 Å². The molecule has 0 unspecified atom stereocenters. The fourth-order valence-electron chi connectivity index (χ4n) is 1.63. The van der Waals surface area contributed by atoms with E-state index in [2.05, 4.69) is 9.82 Å². The molecule has 1 aromatic heterocycles. The molecule has 102 valence electrons. The van der Waals surface area contributed by atoms with E-state index in [9.17, 15) is 4.39 Å². The Hall–Kier alpha value is -1.38. The van der Waals surface area contributed by atoms with E-state index in [1.54, 1.807) is 18.2 Å². The van der Waals surface area contributed by atoms with Crippen molar-refractivity contribution >= 4 is 11.3 Å². The number of benzene rings is 1. The number of aryl methyl sites for hydroxylation is 1. The highest BCUT2D eigenvalue weighted by molar-refractivity contribution is 7.15. The van der Waals surface area contributed by atoms with Crippen molar-refractivity contribution in [2.24, 2.45) is 0 Å². The predicted octanol–water partition coefficient (Wildman–Crippen LogP) is 2.81. The molecule has 1 heterocycles. The van der Waals surface area contributed by atoms with E-state index >= 15 is 0 Å². The summed E-state index contributed by atoms with van der Waals surface area (Å²) >= 11 is 1.37. The number of thiazole rings is 1. The van der Waals surface area contributed by atoms with Crippen LogP contribution in [0.5, 0.6) is 0 Å². The second-order valence-electron chi connectivity index (χ2n) is 3.84. The van der Waals surface area contributed by atoms with Crippen LogP contribution in [-0.2, 0) is 11.3 Å². The first kappa shape index (κ1) is 14.0. The number of rotatable bonds is 5. The average Bonchev–Trinajstić information content (AvgIpc) is 2.71. The standard InChI is InChI=1S/C12H13FN2O3S/c1-8-11(6-7-18-15(16)17)19-12(14-8)9-4-2-3-5-10(9)13/h2-5,16-17H,6-7H2,1H3.